The van der Waals surface area contributed by atoms with E-state index >= 15 is 0 Å². The molecule has 1 aromatic rings. The number of aliphatic carboxylic acids is 1. The van der Waals surface area contributed by atoms with Crippen LogP contribution in [0.3, 0.4) is 0 Å². The molecule has 3 N–H and O–H groups in total. The number of carbonyl (C=O) groups is 1. The zero-order chi connectivity index (χ0) is 13.0. The second-order valence-electron chi connectivity index (χ2n) is 3.21. The SMILES string of the molecule is N#Cc1c(CN)cnc(CC(=O)O)c1C(F)F. The quantitative estimate of drug-likeness (QED) is 0.818. The number of nitrogens with two attached hydrogens (primary N) is 1. The Kier molecular flexibility index (Phi) is 4.06. The molecule has 0 aliphatic rings. The van der Waals surface area contributed by atoms with Gasteiger partial charge in [0.25, 0.3) is 6.43 Å². The van der Waals surface area contributed by atoms with Crippen molar-refractivity contribution in [2.45, 2.75) is 19.4 Å². The van der Waals surface area contributed by atoms with Crippen LogP contribution in [0.2, 0.25) is 0 Å². The van der Waals surface area contributed by atoms with Gasteiger partial charge in [-0.05, 0) is 0 Å². The third kappa shape index (κ3) is 2.73. The molecule has 0 fully saturated rings. The van der Waals surface area contributed by atoms with Crippen LogP contribution in [0.15, 0.2) is 6.20 Å². The molecule has 0 amide bonds. The molecule has 0 saturated carbocycles. The van der Waals surface area contributed by atoms with Gasteiger partial charge >= 0.3 is 5.97 Å². The topological polar surface area (TPSA) is 100 Å². The minimum absolute atomic E-state index is 0.108. The van der Waals surface area contributed by atoms with E-state index in [1.807, 2.05) is 0 Å². The van der Waals surface area contributed by atoms with Gasteiger partial charge in [0.05, 0.1) is 23.2 Å². The van der Waals surface area contributed by atoms with E-state index in [9.17, 15) is 13.6 Å². The molecular weight excluding hydrogens is 232 g/mol. The minimum atomic E-state index is -2.96. The summed E-state index contributed by atoms with van der Waals surface area (Å²) in [5.74, 6) is -1.29. The van der Waals surface area contributed by atoms with Crippen molar-refractivity contribution < 1.29 is 18.7 Å². The Labute approximate surface area is 95.5 Å². The van der Waals surface area contributed by atoms with Crippen molar-refractivity contribution >= 4 is 5.97 Å². The van der Waals surface area contributed by atoms with Crippen molar-refractivity contribution in [1.29, 1.82) is 5.26 Å². The summed E-state index contributed by atoms with van der Waals surface area (Å²) >= 11 is 0. The standard InChI is InChI=1S/C10H9F2N3O2/c11-10(12)9-6(3-14)5(2-13)4-15-7(9)1-8(16)17/h4,10H,1-2,13H2,(H,16,17). The van der Waals surface area contributed by atoms with Crippen LogP contribution in [0.1, 0.15) is 28.8 Å². The van der Waals surface area contributed by atoms with Crippen molar-refractivity contribution in [3.05, 3.63) is 28.6 Å². The minimum Gasteiger partial charge on any atom is -0.481 e. The van der Waals surface area contributed by atoms with Crippen LogP contribution in [0.5, 0.6) is 0 Å². The van der Waals surface area contributed by atoms with E-state index in [2.05, 4.69) is 4.98 Å². The number of pyridine rings is 1. The van der Waals surface area contributed by atoms with Crippen LogP contribution in [-0.2, 0) is 17.8 Å². The molecule has 0 saturated heterocycles. The highest BCUT2D eigenvalue weighted by atomic mass is 19.3. The summed E-state index contributed by atoms with van der Waals surface area (Å²) in [6.45, 7) is -0.108. The first-order valence-corrected chi connectivity index (χ1v) is 4.62. The molecule has 7 heteroatoms. The van der Waals surface area contributed by atoms with Gasteiger partial charge in [0.2, 0.25) is 0 Å². The van der Waals surface area contributed by atoms with E-state index in [-0.39, 0.29) is 23.4 Å². The number of hydrogen-bond donors (Lipinski definition) is 2. The summed E-state index contributed by atoms with van der Waals surface area (Å²) in [5.41, 5.74) is 4.24. The molecule has 90 valence electrons. The van der Waals surface area contributed by atoms with Gasteiger partial charge in [-0.25, -0.2) is 8.78 Å². The molecule has 0 radical (unpaired) electrons. The van der Waals surface area contributed by atoms with Crippen molar-refractivity contribution in [3.8, 4) is 6.07 Å². The fourth-order valence-electron chi connectivity index (χ4n) is 1.41. The summed E-state index contributed by atoms with van der Waals surface area (Å²) in [4.78, 5) is 14.1. The summed E-state index contributed by atoms with van der Waals surface area (Å²) in [6.07, 6.45) is -2.46. The van der Waals surface area contributed by atoms with E-state index in [1.165, 1.54) is 0 Å². The molecular formula is C10H9F2N3O2. The highest BCUT2D eigenvalue weighted by molar-refractivity contribution is 5.70. The Morgan fingerprint density at radius 3 is 2.71 bits per heavy atom. The zero-order valence-electron chi connectivity index (χ0n) is 8.65. The maximum Gasteiger partial charge on any atom is 0.309 e. The predicted octanol–water partition coefficient (Wildman–Crippen LogP) is 0.977. The van der Waals surface area contributed by atoms with Crippen molar-refractivity contribution in [3.63, 3.8) is 0 Å². The predicted molar refractivity (Wildman–Crippen MR) is 53.1 cm³/mol. The first-order valence-electron chi connectivity index (χ1n) is 4.62. The van der Waals surface area contributed by atoms with Crippen LogP contribution in [0, 0.1) is 11.3 Å². The van der Waals surface area contributed by atoms with Crippen molar-refractivity contribution in [2.24, 2.45) is 5.73 Å². The molecule has 1 aromatic heterocycles. The summed E-state index contributed by atoms with van der Waals surface area (Å²) < 4.78 is 25.6. The number of aromatic nitrogens is 1. The maximum atomic E-state index is 12.8. The number of carboxylic acid groups (broad SMARTS) is 1. The lowest BCUT2D eigenvalue weighted by molar-refractivity contribution is -0.136. The average Bonchev–Trinajstić information content (AvgIpc) is 2.26. The summed E-state index contributed by atoms with van der Waals surface area (Å²) in [6, 6.07) is 1.62. The third-order valence-electron chi connectivity index (χ3n) is 2.15. The summed E-state index contributed by atoms with van der Waals surface area (Å²) in [7, 11) is 0. The largest absolute Gasteiger partial charge is 0.481 e. The lowest BCUT2D eigenvalue weighted by Crippen LogP contribution is -2.12. The van der Waals surface area contributed by atoms with Crippen molar-refractivity contribution in [2.75, 3.05) is 0 Å². The van der Waals surface area contributed by atoms with Gasteiger partial charge < -0.3 is 10.8 Å². The first-order chi connectivity index (χ1) is 8.01. The molecule has 17 heavy (non-hydrogen) atoms. The second kappa shape index (κ2) is 5.32. The summed E-state index contributed by atoms with van der Waals surface area (Å²) in [5, 5.41) is 17.4. The molecule has 1 rings (SSSR count). The molecule has 0 unspecified atom stereocenters. The van der Waals surface area contributed by atoms with Gasteiger partial charge in [-0.2, -0.15) is 5.26 Å². The zero-order valence-corrected chi connectivity index (χ0v) is 8.65. The lowest BCUT2D eigenvalue weighted by atomic mass is 10.0. The monoisotopic (exact) mass is 241 g/mol. The van der Waals surface area contributed by atoms with Crippen LogP contribution >= 0.6 is 0 Å². The first kappa shape index (κ1) is 13.0. The van der Waals surface area contributed by atoms with Crippen LogP contribution in [0.25, 0.3) is 0 Å². The Hall–Kier alpha value is -2.07. The smallest absolute Gasteiger partial charge is 0.309 e. The van der Waals surface area contributed by atoms with Crippen LogP contribution in [-0.4, -0.2) is 16.1 Å². The lowest BCUT2D eigenvalue weighted by Gasteiger charge is -2.11. The Morgan fingerprint density at radius 2 is 2.29 bits per heavy atom. The molecule has 0 aliphatic heterocycles. The number of carboxylic acids is 1. The Balaban J connectivity index is 3.43. The highest BCUT2D eigenvalue weighted by Gasteiger charge is 2.23. The number of halogens is 2. The number of rotatable bonds is 4. The average molecular weight is 241 g/mol. The molecule has 0 atom stereocenters. The van der Waals surface area contributed by atoms with E-state index in [0.29, 0.717) is 0 Å². The Bertz CT molecular complexity index is 483. The fraction of sp³-hybridized carbons (Fsp3) is 0.300. The normalized spacial score (nSPS) is 10.3. The van der Waals surface area contributed by atoms with Crippen molar-refractivity contribution in [1.82, 2.24) is 4.98 Å². The molecule has 0 spiro atoms. The van der Waals surface area contributed by atoms with Crippen LogP contribution < -0.4 is 5.73 Å². The molecule has 5 nitrogen and oxygen atoms in total. The van der Waals surface area contributed by atoms with E-state index in [4.69, 9.17) is 16.1 Å². The Morgan fingerprint density at radius 1 is 1.65 bits per heavy atom. The van der Waals surface area contributed by atoms with Gasteiger partial charge in [-0.1, -0.05) is 0 Å². The highest BCUT2D eigenvalue weighted by Crippen LogP contribution is 2.27. The number of hydrogen-bond acceptors (Lipinski definition) is 4. The van der Waals surface area contributed by atoms with E-state index < -0.39 is 24.4 Å². The van der Waals surface area contributed by atoms with Gasteiger partial charge in [0.15, 0.2) is 0 Å². The number of nitrogens with zero attached hydrogens (tertiary/aromatic N) is 2. The van der Waals surface area contributed by atoms with Gasteiger partial charge in [0.1, 0.15) is 6.07 Å². The second-order valence-corrected chi connectivity index (χ2v) is 3.21. The van der Waals surface area contributed by atoms with E-state index in [0.717, 1.165) is 6.20 Å². The maximum absolute atomic E-state index is 12.8. The molecule has 0 aromatic carbocycles. The third-order valence-corrected chi connectivity index (χ3v) is 2.15. The van der Waals surface area contributed by atoms with Gasteiger partial charge in [0, 0.05) is 18.3 Å². The van der Waals surface area contributed by atoms with Gasteiger partial charge in [-0.3, -0.25) is 9.78 Å². The molecule has 0 aliphatic carbocycles. The van der Waals surface area contributed by atoms with Gasteiger partial charge in [-0.15, -0.1) is 0 Å². The van der Waals surface area contributed by atoms with Crippen LogP contribution in [0.4, 0.5) is 8.78 Å². The number of alkyl halides is 2. The molecule has 1 heterocycles. The fourth-order valence-corrected chi connectivity index (χ4v) is 1.41. The van der Waals surface area contributed by atoms with E-state index in [1.54, 1.807) is 6.07 Å². The number of nitriles is 1. The molecule has 0 bridgehead atoms.